The minimum Gasteiger partial charge on any atom is -0.336 e. The van der Waals surface area contributed by atoms with Gasteiger partial charge >= 0.3 is 0 Å². The van der Waals surface area contributed by atoms with Gasteiger partial charge < -0.3 is 4.90 Å². The molecule has 4 rings (SSSR count). The summed E-state index contributed by atoms with van der Waals surface area (Å²) in [5.74, 6) is -0.0619. The molecule has 3 aromatic rings. The van der Waals surface area contributed by atoms with Crippen LogP contribution in [0.15, 0.2) is 78.9 Å². The van der Waals surface area contributed by atoms with Crippen molar-refractivity contribution in [1.29, 1.82) is 0 Å². The van der Waals surface area contributed by atoms with Gasteiger partial charge in [-0.05, 0) is 29.3 Å². The summed E-state index contributed by atoms with van der Waals surface area (Å²) in [5.41, 5.74) is 2.99. The van der Waals surface area contributed by atoms with Crippen LogP contribution in [0.4, 0.5) is 0 Å². The Balaban J connectivity index is 1.52. The van der Waals surface area contributed by atoms with Crippen LogP contribution in [0.5, 0.6) is 0 Å². The Labute approximate surface area is 181 Å². The van der Waals surface area contributed by atoms with Gasteiger partial charge in [0.25, 0.3) is 5.91 Å². The molecule has 148 valence electrons. The van der Waals surface area contributed by atoms with Crippen LogP contribution in [0.2, 0.25) is 10.0 Å². The zero-order valence-corrected chi connectivity index (χ0v) is 17.5. The lowest BCUT2D eigenvalue weighted by molar-refractivity contribution is 0.0597. The minimum atomic E-state index is -0.0619. The first-order chi connectivity index (χ1) is 14.1. The van der Waals surface area contributed by atoms with Crippen LogP contribution in [0.25, 0.3) is 0 Å². The fraction of sp³-hybridized carbons (Fsp3) is 0.208. The zero-order valence-electron chi connectivity index (χ0n) is 16.0. The van der Waals surface area contributed by atoms with Crippen molar-refractivity contribution in [3.05, 3.63) is 106 Å². The highest BCUT2D eigenvalue weighted by molar-refractivity contribution is 6.35. The van der Waals surface area contributed by atoms with Crippen molar-refractivity contribution in [1.82, 2.24) is 9.80 Å². The van der Waals surface area contributed by atoms with Gasteiger partial charge in [0.2, 0.25) is 0 Å². The first-order valence-electron chi connectivity index (χ1n) is 9.72. The maximum absolute atomic E-state index is 13.0. The van der Waals surface area contributed by atoms with Crippen molar-refractivity contribution in [3.63, 3.8) is 0 Å². The predicted molar refractivity (Wildman–Crippen MR) is 119 cm³/mol. The number of nitrogens with zero attached hydrogens (tertiary/aromatic N) is 2. The van der Waals surface area contributed by atoms with E-state index in [4.69, 9.17) is 23.2 Å². The number of piperazine rings is 1. The fourth-order valence-corrected chi connectivity index (χ4v) is 4.27. The van der Waals surface area contributed by atoms with E-state index in [-0.39, 0.29) is 11.9 Å². The normalized spacial score (nSPS) is 14.9. The van der Waals surface area contributed by atoms with Gasteiger partial charge in [-0.25, -0.2) is 0 Å². The summed E-state index contributed by atoms with van der Waals surface area (Å²) in [6.07, 6.45) is 0. The largest absolute Gasteiger partial charge is 0.336 e. The molecule has 0 atom stereocenters. The number of hydrogen-bond acceptors (Lipinski definition) is 2. The molecule has 1 aliphatic rings. The average molecular weight is 425 g/mol. The van der Waals surface area contributed by atoms with Gasteiger partial charge in [0.05, 0.1) is 16.6 Å². The third-order valence-corrected chi connectivity index (χ3v) is 5.92. The van der Waals surface area contributed by atoms with Crippen molar-refractivity contribution < 1.29 is 4.79 Å². The third kappa shape index (κ3) is 4.48. The van der Waals surface area contributed by atoms with Gasteiger partial charge in [0.1, 0.15) is 0 Å². The lowest BCUT2D eigenvalue weighted by atomic mass is 9.96. The first kappa shape index (κ1) is 20.0. The molecule has 0 bridgehead atoms. The molecule has 5 heteroatoms. The Bertz CT molecular complexity index is 931. The van der Waals surface area contributed by atoms with E-state index in [1.807, 2.05) is 17.0 Å². The molecule has 3 nitrogen and oxygen atoms in total. The van der Waals surface area contributed by atoms with Crippen molar-refractivity contribution in [2.24, 2.45) is 0 Å². The topological polar surface area (TPSA) is 23.6 Å². The van der Waals surface area contributed by atoms with E-state index in [9.17, 15) is 4.79 Å². The second-order valence-corrected chi connectivity index (χ2v) is 8.02. The van der Waals surface area contributed by atoms with Gasteiger partial charge in [0, 0.05) is 31.2 Å². The molecule has 0 aromatic heterocycles. The molecular formula is C24H22Cl2N2O. The van der Waals surface area contributed by atoms with E-state index >= 15 is 0 Å². The number of hydrogen-bond donors (Lipinski definition) is 0. The minimum absolute atomic E-state index is 0.0619. The van der Waals surface area contributed by atoms with Crippen LogP contribution in [0.1, 0.15) is 27.5 Å². The quantitative estimate of drug-likeness (QED) is 0.548. The van der Waals surface area contributed by atoms with Crippen LogP contribution in [-0.2, 0) is 0 Å². The van der Waals surface area contributed by atoms with E-state index in [0.29, 0.717) is 28.7 Å². The highest BCUT2D eigenvalue weighted by Crippen LogP contribution is 2.30. The summed E-state index contributed by atoms with van der Waals surface area (Å²) in [4.78, 5) is 17.3. The van der Waals surface area contributed by atoms with Gasteiger partial charge in [-0.1, -0.05) is 83.9 Å². The van der Waals surface area contributed by atoms with Crippen LogP contribution in [0.3, 0.4) is 0 Å². The highest BCUT2D eigenvalue weighted by atomic mass is 35.5. The fourth-order valence-electron chi connectivity index (χ4n) is 3.90. The molecule has 1 amide bonds. The monoisotopic (exact) mass is 424 g/mol. The van der Waals surface area contributed by atoms with Gasteiger partial charge in [0.15, 0.2) is 0 Å². The standard InChI is InChI=1S/C24H22Cl2N2O/c25-20-11-12-22(26)21(17-20)24(29)28-15-13-27(14-16-28)23(18-7-3-1-4-8-18)19-9-5-2-6-10-19/h1-12,17,23H,13-16H2. The SMILES string of the molecule is O=C(c1cc(Cl)ccc1Cl)N1CCN(C(c2ccccc2)c2ccccc2)CC1. The van der Waals surface area contributed by atoms with Gasteiger partial charge in [-0.15, -0.1) is 0 Å². The van der Waals surface area contributed by atoms with Gasteiger partial charge in [-0.2, -0.15) is 0 Å². The molecule has 0 unspecified atom stereocenters. The molecule has 0 spiro atoms. The lowest BCUT2D eigenvalue weighted by Crippen LogP contribution is -2.49. The molecule has 1 heterocycles. The zero-order chi connectivity index (χ0) is 20.2. The Morgan fingerprint density at radius 2 is 1.31 bits per heavy atom. The summed E-state index contributed by atoms with van der Waals surface area (Å²) in [6, 6.07) is 26.2. The highest BCUT2D eigenvalue weighted by Gasteiger charge is 2.29. The summed E-state index contributed by atoms with van der Waals surface area (Å²) in [6.45, 7) is 2.88. The van der Waals surface area contributed by atoms with Crippen molar-refractivity contribution in [3.8, 4) is 0 Å². The molecule has 1 fully saturated rings. The van der Waals surface area contributed by atoms with E-state index in [2.05, 4.69) is 53.4 Å². The predicted octanol–water partition coefficient (Wildman–Crippen LogP) is 5.54. The Morgan fingerprint density at radius 3 is 1.86 bits per heavy atom. The average Bonchev–Trinajstić information content (AvgIpc) is 2.77. The molecule has 3 aromatic carbocycles. The smallest absolute Gasteiger partial charge is 0.255 e. The van der Waals surface area contributed by atoms with Crippen molar-refractivity contribution in [2.45, 2.75) is 6.04 Å². The molecule has 0 N–H and O–H groups in total. The summed E-state index contributed by atoms with van der Waals surface area (Å²) >= 11 is 12.3. The van der Waals surface area contributed by atoms with E-state index < -0.39 is 0 Å². The van der Waals surface area contributed by atoms with Crippen LogP contribution < -0.4 is 0 Å². The number of amides is 1. The maximum atomic E-state index is 13.0. The van der Waals surface area contributed by atoms with Crippen LogP contribution in [-0.4, -0.2) is 41.9 Å². The summed E-state index contributed by atoms with van der Waals surface area (Å²) < 4.78 is 0. The first-order valence-corrected chi connectivity index (χ1v) is 10.5. The van der Waals surface area contributed by atoms with Crippen LogP contribution >= 0.6 is 23.2 Å². The Morgan fingerprint density at radius 1 is 0.759 bits per heavy atom. The third-order valence-electron chi connectivity index (χ3n) is 5.36. The number of carbonyl (C=O) groups is 1. The number of halogens is 2. The van der Waals surface area contributed by atoms with Crippen molar-refractivity contribution >= 4 is 29.1 Å². The maximum Gasteiger partial charge on any atom is 0.255 e. The number of carbonyl (C=O) groups excluding carboxylic acids is 1. The molecule has 1 saturated heterocycles. The Kier molecular flexibility index (Phi) is 6.19. The summed E-state index contributed by atoms with van der Waals surface area (Å²) in [7, 11) is 0. The number of rotatable bonds is 4. The lowest BCUT2D eigenvalue weighted by Gasteiger charge is -2.40. The van der Waals surface area contributed by atoms with E-state index in [1.54, 1.807) is 18.2 Å². The van der Waals surface area contributed by atoms with E-state index in [1.165, 1.54) is 11.1 Å². The molecular weight excluding hydrogens is 403 g/mol. The van der Waals surface area contributed by atoms with E-state index in [0.717, 1.165) is 13.1 Å². The molecule has 1 aliphatic heterocycles. The van der Waals surface area contributed by atoms with Crippen molar-refractivity contribution in [2.75, 3.05) is 26.2 Å². The summed E-state index contributed by atoms with van der Waals surface area (Å²) in [5, 5.41) is 0.956. The second-order valence-electron chi connectivity index (χ2n) is 7.18. The molecule has 0 radical (unpaired) electrons. The molecule has 29 heavy (non-hydrogen) atoms. The molecule has 0 saturated carbocycles. The number of benzene rings is 3. The second kappa shape index (κ2) is 9.00. The molecule has 0 aliphatic carbocycles. The Hall–Kier alpha value is -2.33. The van der Waals surface area contributed by atoms with Crippen LogP contribution in [0, 0.1) is 0 Å². The van der Waals surface area contributed by atoms with Gasteiger partial charge in [-0.3, -0.25) is 9.69 Å².